The van der Waals surface area contributed by atoms with Gasteiger partial charge in [-0.3, -0.25) is 4.79 Å². The van der Waals surface area contributed by atoms with Crippen molar-refractivity contribution in [1.82, 2.24) is 24.6 Å². The van der Waals surface area contributed by atoms with E-state index < -0.39 is 12.0 Å². The van der Waals surface area contributed by atoms with Crippen LogP contribution in [-0.4, -0.2) is 30.5 Å². The molecule has 0 bridgehead atoms. The summed E-state index contributed by atoms with van der Waals surface area (Å²) in [5.74, 6) is -0.424. The summed E-state index contributed by atoms with van der Waals surface area (Å²) >= 11 is 0. The Bertz CT molecular complexity index is 1340. The standard InChI is InChI=1S/C22H21F3N6O2/c1-11-14(4)33-19(26-11)15-6-5-7-16(10-15)28-18(32)9-8-17-12(2)27-21-29-20(22(23,24)25)30-31(21)13(17)3/h5-7,10H,8-9H2,1-4H3,(H,28,32). The van der Waals surface area contributed by atoms with E-state index in [9.17, 15) is 18.0 Å². The minimum absolute atomic E-state index is 0.108. The topological polar surface area (TPSA) is 98.2 Å². The molecule has 1 N–H and O–H groups in total. The summed E-state index contributed by atoms with van der Waals surface area (Å²) < 4.78 is 45.5. The molecule has 172 valence electrons. The number of oxazole rings is 1. The first-order chi connectivity index (χ1) is 15.5. The zero-order valence-corrected chi connectivity index (χ0v) is 18.4. The number of fused-ring (bicyclic) bond motifs is 1. The summed E-state index contributed by atoms with van der Waals surface area (Å²) in [6.07, 6.45) is -4.27. The van der Waals surface area contributed by atoms with E-state index in [2.05, 4.69) is 25.4 Å². The van der Waals surface area contributed by atoms with E-state index in [0.29, 0.717) is 28.5 Å². The zero-order valence-electron chi connectivity index (χ0n) is 18.4. The van der Waals surface area contributed by atoms with Gasteiger partial charge in [-0.2, -0.15) is 18.2 Å². The molecule has 3 aromatic heterocycles. The highest BCUT2D eigenvalue weighted by molar-refractivity contribution is 5.91. The maximum Gasteiger partial charge on any atom is 0.453 e. The number of nitrogens with zero attached hydrogens (tertiary/aromatic N) is 5. The molecule has 3 heterocycles. The molecule has 0 atom stereocenters. The van der Waals surface area contributed by atoms with E-state index in [1.165, 1.54) is 0 Å². The average molecular weight is 458 g/mol. The number of benzene rings is 1. The highest BCUT2D eigenvalue weighted by atomic mass is 19.4. The first-order valence-electron chi connectivity index (χ1n) is 10.2. The molecule has 0 aliphatic carbocycles. The smallest absolute Gasteiger partial charge is 0.441 e. The highest BCUT2D eigenvalue weighted by Crippen LogP contribution is 2.27. The lowest BCUT2D eigenvalue weighted by Crippen LogP contribution is -2.14. The van der Waals surface area contributed by atoms with Gasteiger partial charge in [-0.15, -0.1) is 5.10 Å². The van der Waals surface area contributed by atoms with Gasteiger partial charge >= 0.3 is 6.18 Å². The van der Waals surface area contributed by atoms with E-state index in [1.54, 1.807) is 32.0 Å². The van der Waals surface area contributed by atoms with Gasteiger partial charge in [0.1, 0.15) is 5.76 Å². The van der Waals surface area contributed by atoms with Crippen molar-refractivity contribution in [2.45, 2.75) is 46.7 Å². The van der Waals surface area contributed by atoms with Gasteiger partial charge in [0.05, 0.1) is 5.69 Å². The van der Waals surface area contributed by atoms with Crippen molar-refractivity contribution in [1.29, 1.82) is 0 Å². The van der Waals surface area contributed by atoms with Gasteiger partial charge in [0.15, 0.2) is 0 Å². The Hall–Kier alpha value is -3.76. The van der Waals surface area contributed by atoms with E-state index >= 15 is 0 Å². The molecular formula is C22H21F3N6O2. The van der Waals surface area contributed by atoms with Crippen molar-refractivity contribution in [3.05, 3.63) is 58.5 Å². The molecule has 0 fully saturated rings. The molecule has 4 aromatic rings. The lowest BCUT2D eigenvalue weighted by atomic mass is 10.1. The molecule has 0 radical (unpaired) electrons. The van der Waals surface area contributed by atoms with Crippen LogP contribution in [0, 0.1) is 27.7 Å². The first kappa shape index (κ1) is 22.4. The Morgan fingerprint density at radius 3 is 2.52 bits per heavy atom. The van der Waals surface area contributed by atoms with Gasteiger partial charge in [-0.25, -0.2) is 14.5 Å². The number of amides is 1. The Labute approximate surface area is 186 Å². The summed E-state index contributed by atoms with van der Waals surface area (Å²) in [6, 6.07) is 7.14. The van der Waals surface area contributed by atoms with Crippen molar-refractivity contribution < 1.29 is 22.4 Å². The fourth-order valence-corrected chi connectivity index (χ4v) is 3.48. The largest absolute Gasteiger partial charge is 0.453 e. The minimum Gasteiger partial charge on any atom is -0.441 e. The van der Waals surface area contributed by atoms with Crippen LogP contribution in [0.1, 0.15) is 40.7 Å². The van der Waals surface area contributed by atoms with Crippen molar-refractivity contribution in [2.24, 2.45) is 0 Å². The summed E-state index contributed by atoms with van der Waals surface area (Å²) in [6.45, 7) is 6.99. The monoisotopic (exact) mass is 458 g/mol. The molecule has 0 saturated heterocycles. The SMILES string of the molecule is Cc1nc(-c2cccc(NC(=O)CCc3c(C)nc4nc(C(F)(F)F)nn4c3C)c2)oc1C. The lowest BCUT2D eigenvalue weighted by Gasteiger charge is -2.11. The predicted octanol–water partition coefficient (Wildman–Crippen LogP) is 4.60. The molecule has 0 aliphatic rings. The number of hydrogen-bond donors (Lipinski definition) is 1. The van der Waals surface area contributed by atoms with Crippen LogP contribution < -0.4 is 5.32 Å². The van der Waals surface area contributed by atoms with Crippen LogP contribution in [0.5, 0.6) is 0 Å². The van der Waals surface area contributed by atoms with Crippen LogP contribution in [0.25, 0.3) is 17.2 Å². The molecule has 8 nitrogen and oxygen atoms in total. The third-order valence-corrected chi connectivity index (χ3v) is 5.33. The van der Waals surface area contributed by atoms with Gasteiger partial charge in [-0.1, -0.05) is 6.07 Å². The van der Waals surface area contributed by atoms with E-state index in [0.717, 1.165) is 21.5 Å². The van der Waals surface area contributed by atoms with Gasteiger partial charge in [0, 0.05) is 29.1 Å². The first-order valence-corrected chi connectivity index (χ1v) is 10.2. The van der Waals surface area contributed by atoms with Gasteiger partial charge in [0.2, 0.25) is 11.8 Å². The molecule has 11 heteroatoms. The van der Waals surface area contributed by atoms with Crippen LogP contribution in [0.3, 0.4) is 0 Å². The second-order valence-electron chi connectivity index (χ2n) is 7.70. The number of nitrogens with one attached hydrogen (secondary N) is 1. The fourth-order valence-electron chi connectivity index (χ4n) is 3.48. The number of carbonyl (C=O) groups excluding carboxylic acids is 1. The molecule has 1 amide bonds. The predicted molar refractivity (Wildman–Crippen MR) is 114 cm³/mol. The number of aryl methyl sites for hydroxylation is 4. The van der Waals surface area contributed by atoms with Gasteiger partial charge < -0.3 is 9.73 Å². The highest BCUT2D eigenvalue weighted by Gasteiger charge is 2.37. The summed E-state index contributed by atoms with van der Waals surface area (Å²) in [4.78, 5) is 24.5. The summed E-state index contributed by atoms with van der Waals surface area (Å²) in [7, 11) is 0. The molecule has 0 spiro atoms. The number of anilines is 1. The van der Waals surface area contributed by atoms with E-state index in [-0.39, 0.29) is 24.5 Å². The Balaban J connectivity index is 1.48. The van der Waals surface area contributed by atoms with Crippen molar-refractivity contribution in [3.63, 3.8) is 0 Å². The van der Waals surface area contributed by atoms with Crippen LogP contribution in [0.15, 0.2) is 28.7 Å². The number of carbonyl (C=O) groups is 1. The quantitative estimate of drug-likeness (QED) is 0.469. The maximum atomic E-state index is 12.9. The third-order valence-electron chi connectivity index (χ3n) is 5.33. The lowest BCUT2D eigenvalue weighted by molar-refractivity contribution is -0.144. The number of hydrogen-bond acceptors (Lipinski definition) is 6. The molecule has 0 unspecified atom stereocenters. The van der Waals surface area contributed by atoms with Crippen molar-refractivity contribution >= 4 is 17.4 Å². The Kier molecular flexibility index (Phi) is 5.64. The van der Waals surface area contributed by atoms with Crippen LogP contribution in [0.2, 0.25) is 0 Å². The van der Waals surface area contributed by atoms with Crippen molar-refractivity contribution in [2.75, 3.05) is 5.32 Å². The zero-order chi connectivity index (χ0) is 23.9. The number of aromatic nitrogens is 5. The third kappa shape index (κ3) is 4.57. The number of rotatable bonds is 5. The minimum atomic E-state index is -4.66. The molecule has 4 rings (SSSR count). The Morgan fingerprint density at radius 1 is 1.09 bits per heavy atom. The average Bonchev–Trinajstić information content (AvgIpc) is 3.31. The maximum absolute atomic E-state index is 12.9. The summed E-state index contributed by atoms with van der Waals surface area (Å²) in [5.41, 5.74) is 3.73. The molecular weight excluding hydrogens is 437 g/mol. The normalized spacial score (nSPS) is 11.8. The Morgan fingerprint density at radius 2 is 1.85 bits per heavy atom. The van der Waals surface area contributed by atoms with Crippen molar-refractivity contribution in [3.8, 4) is 11.5 Å². The van der Waals surface area contributed by atoms with Crippen LogP contribution in [-0.2, 0) is 17.4 Å². The molecule has 0 saturated carbocycles. The van der Waals surface area contributed by atoms with Gasteiger partial charge in [0.25, 0.3) is 11.6 Å². The molecule has 0 aliphatic heterocycles. The van der Waals surface area contributed by atoms with E-state index in [4.69, 9.17) is 4.42 Å². The van der Waals surface area contributed by atoms with Gasteiger partial charge in [-0.05, 0) is 57.9 Å². The fraction of sp³-hybridized carbons (Fsp3) is 0.318. The number of alkyl halides is 3. The second kappa shape index (κ2) is 8.30. The summed E-state index contributed by atoms with van der Waals surface area (Å²) in [5, 5.41) is 6.36. The second-order valence-corrected chi connectivity index (χ2v) is 7.70. The molecule has 33 heavy (non-hydrogen) atoms. The van der Waals surface area contributed by atoms with Crippen LogP contribution >= 0.6 is 0 Å². The van der Waals surface area contributed by atoms with E-state index in [1.807, 2.05) is 19.9 Å². The van der Waals surface area contributed by atoms with Crippen LogP contribution in [0.4, 0.5) is 18.9 Å². The molecule has 1 aromatic carbocycles. The number of halogens is 3.